The summed E-state index contributed by atoms with van der Waals surface area (Å²) in [5, 5.41) is 2.89. The van der Waals surface area contributed by atoms with E-state index >= 15 is 0 Å². The lowest BCUT2D eigenvalue weighted by Gasteiger charge is -2.15. The van der Waals surface area contributed by atoms with Gasteiger partial charge in [0, 0.05) is 17.4 Å². The molecule has 0 aliphatic rings. The van der Waals surface area contributed by atoms with Crippen molar-refractivity contribution in [2.24, 2.45) is 5.73 Å². The second-order valence-corrected chi connectivity index (χ2v) is 4.20. The molecule has 1 aromatic rings. The predicted octanol–water partition coefficient (Wildman–Crippen LogP) is 2.40. The van der Waals surface area contributed by atoms with Crippen LogP contribution in [0.3, 0.4) is 0 Å². The predicted molar refractivity (Wildman–Crippen MR) is 71.6 cm³/mol. The van der Waals surface area contributed by atoms with Crippen LogP contribution in [0.1, 0.15) is 24.9 Å². The summed E-state index contributed by atoms with van der Waals surface area (Å²) in [5.74, 6) is -0.0132. The van der Waals surface area contributed by atoms with Crippen LogP contribution in [-0.4, -0.2) is 12.5 Å². The van der Waals surface area contributed by atoms with E-state index in [0.717, 1.165) is 10.0 Å². The van der Waals surface area contributed by atoms with Gasteiger partial charge >= 0.3 is 0 Å². The second-order valence-electron chi connectivity index (χ2n) is 3.35. The molecule has 0 heterocycles. The average Bonchev–Trinajstić information content (AvgIpc) is 2.18. The lowest BCUT2D eigenvalue weighted by Crippen LogP contribution is -2.28. The van der Waals surface area contributed by atoms with Gasteiger partial charge < -0.3 is 11.1 Å². The molecule has 0 spiro atoms. The van der Waals surface area contributed by atoms with E-state index in [2.05, 4.69) is 21.2 Å². The quantitative estimate of drug-likeness (QED) is 0.897. The molecule has 1 unspecified atom stereocenters. The highest BCUT2D eigenvalue weighted by Gasteiger charge is 2.10. The number of nitrogens with one attached hydrogen (secondary N) is 1. The third-order valence-corrected chi connectivity index (χ3v) is 2.84. The summed E-state index contributed by atoms with van der Waals surface area (Å²) in [4.78, 5) is 11.3. The van der Waals surface area contributed by atoms with Crippen molar-refractivity contribution in [3.05, 3.63) is 34.3 Å². The van der Waals surface area contributed by atoms with E-state index in [0.29, 0.717) is 13.0 Å². The number of nitrogens with two attached hydrogens (primary N) is 1. The highest BCUT2D eigenvalue weighted by molar-refractivity contribution is 9.10. The first-order valence-corrected chi connectivity index (χ1v) is 5.68. The van der Waals surface area contributed by atoms with E-state index in [9.17, 15) is 4.79 Å². The summed E-state index contributed by atoms with van der Waals surface area (Å²) >= 11 is 3.45. The number of benzene rings is 1. The number of carbonyl (C=O) groups is 1. The third kappa shape index (κ3) is 4.51. The summed E-state index contributed by atoms with van der Waals surface area (Å²) < 4.78 is 1.01. The Kier molecular flexibility index (Phi) is 7.38. The molecule has 0 aliphatic carbocycles. The second kappa shape index (κ2) is 7.65. The SMILES string of the molecule is CC(NC(=O)CCN)c1ccccc1Br.Cl. The zero-order chi connectivity index (χ0) is 11.3. The minimum atomic E-state index is -0.0132. The first-order chi connectivity index (χ1) is 7.15. The Morgan fingerprint density at radius 3 is 2.69 bits per heavy atom. The Morgan fingerprint density at radius 1 is 1.50 bits per heavy atom. The van der Waals surface area contributed by atoms with Gasteiger partial charge in [0.1, 0.15) is 0 Å². The topological polar surface area (TPSA) is 55.1 Å². The fraction of sp³-hybridized carbons (Fsp3) is 0.364. The fourth-order valence-corrected chi connectivity index (χ4v) is 1.98. The Hall–Kier alpha value is -0.580. The number of hydrogen-bond acceptors (Lipinski definition) is 2. The molecule has 1 amide bonds. The van der Waals surface area contributed by atoms with E-state index in [-0.39, 0.29) is 24.4 Å². The largest absolute Gasteiger partial charge is 0.350 e. The van der Waals surface area contributed by atoms with Crippen molar-refractivity contribution < 1.29 is 4.79 Å². The fourth-order valence-electron chi connectivity index (χ4n) is 1.35. The molecule has 0 fully saturated rings. The molecule has 0 aliphatic heterocycles. The van der Waals surface area contributed by atoms with Gasteiger partial charge in [-0.05, 0) is 18.6 Å². The van der Waals surface area contributed by atoms with Gasteiger partial charge in [-0.15, -0.1) is 12.4 Å². The van der Waals surface area contributed by atoms with Crippen molar-refractivity contribution in [2.45, 2.75) is 19.4 Å². The number of hydrogen-bond donors (Lipinski definition) is 2. The molecule has 1 rings (SSSR count). The summed E-state index contributed by atoms with van der Waals surface area (Å²) in [7, 11) is 0. The van der Waals surface area contributed by atoms with Gasteiger partial charge in [0.25, 0.3) is 0 Å². The zero-order valence-corrected chi connectivity index (χ0v) is 11.5. The van der Waals surface area contributed by atoms with Crippen molar-refractivity contribution in [1.82, 2.24) is 5.32 Å². The Morgan fingerprint density at radius 2 is 2.12 bits per heavy atom. The molecule has 0 saturated carbocycles. The molecular formula is C11H16BrClN2O. The third-order valence-electron chi connectivity index (χ3n) is 2.12. The summed E-state index contributed by atoms with van der Waals surface area (Å²) in [5.41, 5.74) is 6.38. The van der Waals surface area contributed by atoms with Crippen molar-refractivity contribution >= 4 is 34.2 Å². The molecular weight excluding hydrogens is 291 g/mol. The van der Waals surface area contributed by atoms with Gasteiger partial charge in [0.05, 0.1) is 6.04 Å². The first-order valence-electron chi connectivity index (χ1n) is 4.89. The van der Waals surface area contributed by atoms with E-state index in [4.69, 9.17) is 5.73 Å². The van der Waals surface area contributed by atoms with Crippen LogP contribution in [0, 0.1) is 0 Å². The van der Waals surface area contributed by atoms with Crippen LogP contribution in [0.5, 0.6) is 0 Å². The number of halogens is 2. The highest BCUT2D eigenvalue weighted by Crippen LogP contribution is 2.22. The maximum absolute atomic E-state index is 11.3. The molecule has 5 heteroatoms. The minimum absolute atomic E-state index is 0. The molecule has 1 atom stereocenters. The minimum Gasteiger partial charge on any atom is -0.350 e. The van der Waals surface area contributed by atoms with Crippen LogP contribution in [0.15, 0.2) is 28.7 Å². The number of rotatable bonds is 4. The van der Waals surface area contributed by atoms with Gasteiger partial charge in [-0.25, -0.2) is 0 Å². The smallest absolute Gasteiger partial charge is 0.221 e. The Labute approximate surface area is 110 Å². The number of amides is 1. The highest BCUT2D eigenvalue weighted by atomic mass is 79.9. The van der Waals surface area contributed by atoms with Crippen LogP contribution in [-0.2, 0) is 4.79 Å². The summed E-state index contributed by atoms with van der Waals surface area (Å²) in [6, 6.07) is 7.84. The van der Waals surface area contributed by atoms with Crippen LogP contribution in [0.25, 0.3) is 0 Å². The van der Waals surface area contributed by atoms with Crippen LogP contribution >= 0.6 is 28.3 Å². The van der Waals surface area contributed by atoms with E-state index in [1.807, 2.05) is 31.2 Å². The molecule has 0 bridgehead atoms. The monoisotopic (exact) mass is 306 g/mol. The molecule has 0 aromatic heterocycles. The molecule has 1 aromatic carbocycles. The van der Waals surface area contributed by atoms with E-state index in [1.165, 1.54) is 0 Å². The van der Waals surface area contributed by atoms with Gasteiger partial charge in [-0.3, -0.25) is 4.79 Å². The molecule has 16 heavy (non-hydrogen) atoms. The molecule has 0 saturated heterocycles. The first kappa shape index (κ1) is 15.4. The molecule has 3 N–H and O–H groups in total. The lowest BCUT2D eigenvalue weighted by atomic mass is 10.1. The van der Waals surface area contributed by atoms with Crippen LogP contribution < -0.4 is 11.1 Å². The molecule has 0 radical (unpaired) electrons. The van der Waals surface area contributed by atoms with Crippen molar-refractivity contribution in [3.63, 3.8) is 0 Å². The Bertz CT molecular complexity index is 347. The van der Waals surface area contributed by atoms with Crippen molar-refractivity contribution in [3.8, 4) is 0 Å². The maximum atomic E-state index is 11.3. The Balaban J connectivity index is 0.00000225. The number of carbonyl (C=O) groups excluding carboxylic acids is 1. The summed E-state index contributed by atoms with van der Waals surface area (Å²) in [6.45, 7) is 2.34. The standard InChI is InChI=1S/C11H15BrN2O.ClH/c1-8(14-11(15)6-7-13)9-4-2-3-5-10(9)12;/h2-5,8H,6-7,13H2,1H3,(H,14,15);1H. The normalized spacial score (nSPS) is 11.4. The molecule has 3 nitrogen and oxygen atoms in total. The van der Waals surface area contributed by atoms with E-state index in [1.54, 1.807) is 0 Å². The van der Waals surface area contributed by atoms with Crippen LogP contribution in [0.4, 0.5) is 0 Å². The molecule has 90 valence electrons. The van der Waals surface area contributed by atoms with Gasteiger partial charge in [0.15, 0.2) is 0 Å². The van der Waals surface area contributed by atoms with Gasteiger partial charge in [-0.1, -0.05) is 34.1 Å². The van der Waals surface area contributed by atoms with E-state index < -0.39 is 0 Å². The maximum Gasteiger partial charge on any atom is 0.221 e. The zero-order valence-electron chi connectivity index (χ0n) is 9.07. The average molecular weight is 308 g/mol. The van der Waals surface area contributed by atoms with Gasteiger partial charge in [0.2, 0.25) is 5.91 Å². The van der Waals surface area contributed by atoms with Crippen molar-refractivity contribution in [2.75, 3.05) is 6.54 Å². The van der Waals surface area contributed by atoms with Gasteiger partial charge in [-0.2, -0.15) is 0 Å². The lowest BCUT2D eigenvalue weighted by molar-refractivity contribution is -0.121. The van der Waals surface area contributed by atoms with Crippen LogP contribution in [0.2, 0.25) is 0 Å². The summed E-state index contributed by atoms with van der Waals surface area (Å²) in [6.07, 6.45) is 0.370. The van der Waals surface area contributed by atoms with Crippen molar-refractivity contribution in [1.29, 1.82) is 0 Å².